The van der Waals surface area contributed by atoms with Gasteiger partial charge in [0.1, 0.15) is 5.69 Å². The summed E-state index contributed by atoms with van der Waals surface area (Å²) >= 11 is 5.87. The minimum atomic E-state index is -0.340. The number of carbonyl (C=O) groups excluding carboxylic acids is 2. The third kappa shape index (κ3) is 5.29. The molecule has 0 radical (unpaired) electrons. The third-order valence-electron chi connectivity index (χ3n) is 3.57. The highest BCUT2D eigenvalue weighted by atomic mass is 35.5. The van der Waals surface area contributed by atoms with Crippen molar-refractivity contribution in [1.29, 1.82) is 0 Å². The van der Waals surface area contributed by atoms with Gasteiger partial charge in [-0.25, -0.2) is 4.98 Å². The number of aromatic nitrogens is 1. The molecule has 0 aliphatic heterocycles. The van der Waals surface area contributed by atoms with Crippen LogP contribution in [0.4, 0.5) is 22.7 Å². The van der Waals surface area contributed by atoms with Crippen LogP contribution in [0.1, 0.15) is 17.4 Å². The molecule has 3 N–H and O–H groups in total. The lowest BCUT2D eigenvalue weighted by molar-refractivity contribution is -0.114. The molecule has 3 rings (SSSR count). The number of nitrogens with zero attached hydrogens (tertiary/aromatic N) is 1. The number of hydrogen-bond donors (Lipinski definition) is 3. The summed E-state index contributed by atoms with van der Waals surface area (Å²) in [4.78, 5) is 27.7. The average Bonchev–Trinajstić information content (AvgIpc) is 2.64. The van der Waals surface area contributed by atoms with Crippen molar-refractivity contribution in [2.75, 3.05) is 16.0 Å². The van der Waals surface area contributed by atoms with Crippen molar-refractivity contribution in [2.45, 2.75) is 6.92 Å². The van der Waals surface area contributed by atoms with E-state index in [4.69, 9.17) is 11.6 Å². The predicted octanol–water partition coefficient (Wildman–Crippen LogP) is 4.69. The summed E-state index contributed by atoms with van der Waals surface area (Å²) in [5, 5.41) is 9.27. The van der Waals surface area contributed by atoms with Gasteiger partial charge in [0.2, 0.25) is 5.91 Å². The summed E-state index contributed by atoms with van der Waals surface area (Å²) in [6.45, 7) is 1.43. The first-order chi connectivity index (χ1) is 13.0. The first-order valence-corrected chi connectivity index (χ1v) is 8.55. The zero-order valence-corrected chi connectivity index (χ0v) is 15.2. The molecular formula is C20H17ClN4O2. The van der Waals surface area contributed by atoms with Gasteiger partial charge in [0.05, 0.1) is 11.9 Å². The van der Waals surface area contributed by atoms with Crippen LogP contribution in [0, 0.1) is 0 Å². The van der Waals surface area contributed by atoms with Crippen LogP contribution >= 0.6 is 11.6 Å². The Morgan fingerprint density at radius 2 is 1.52 bits per heavy atom. The smallest absolute Gasteiger partial charge is 0.274 e. The first-order valence-electron chi connectivity index (χ1n) is 8.17. The van der Waals surface area contributed by atoms with Gasteiger partial charge in [-0.15, -0.1) is 0 Å². The molecule has 0 bridgehead atoms. The maximum atomic E-state index is 12.4. The third-order valence-corrected chi connectivity index (χ3v) is 3.82. The second-order valence-electron chi connectivity index (χ2n) is 5.78. The van der Waals surface area contributed by atoms with E-state index >= 15 is 0 Å². The minimum absolute atomic E-state index is 0.177. The number of hydrogen-bond acceptors (Lipinski definition) is 4. The predicted molar refractivity (Wildman–Crippen MR) is 108 cm³/mol. The van der Waals surface area contributed by atoms with Crippen LogP contribution in [0.3, 0.4) is 0 Å². The molecule has 6 nitrogen and oxygen atoms in total. The van der Waals surface area contributed by atoms with E-state index in [2.05, 4.69) is 20.9 Å². The van der Waals surface area contributed by atoms with E-state index in [0.29, 0.717) is 16.4 Å². The monoisotopic (exact) mass is 380 g/mol. The van der Waals surface area contributed by atoms with Crippen molar-refractivity contribution < 1.29 is 9.59 Å². The molecule has 0 atom stereocenters. The summed E-state index contributed by atoms with van der Waals surface area (Å²) in [6.07, 6.45) is 1.58. The van der Waals surface area contributed by atoms with Crippen molar-refractivity contribution in [3.8, 4) is 0 Å². The van der Waals surface area contributed by atoms with Crippen molar-refractivity contribution >= 4 is 46.2 Å². The number of anilines is 4. The second-order valence-corrected chi connectivity index (χ2v) is 6.22. The van der Waals surface area contributed by atoms with Crippen molar-refractivity contribution in [2.24, 2.45) is 0 Å². The van der Waals surface area contributed by atoms with Gasteiger partial charge in [-0.2, -0.15) is 0 Å². The van der Waals surface area contributed by atoms with Crippen molar-refractivity contribution in [3.05, 3.63) is 77.6 Å². The van der Waals surface area contributed by atoms with Gasteiger partial charge in [-0.1, -0.05) is 17.7 Å². The number of amides is 2. The number of nitrogens with one attached hydrogen (secondary N) is 3. The largest absolute Gasteiger partial charge is 0.354 e. The van der Waals surface area contributed by atoms with Crippen LogP contribution in [0.15, 0.2) is 66.9 Å². The first kappa shape index (κ1) is 18.4. The Kier molecular flexibility index (Phi) is 5.68. The molecule has 1 heterocycles. The lowest BCUT2D eigenvalue weighted by Crippen LogP contribution is -2.14. The molecule has 27 heavy (non-hydrogen) atoms. The van der Waals surface area contributed by atoms with E-state index in [1.54, 1.807) is 54.7 Å². The molecule has 1 aromatic heterocycles. The van der Waals surface area contributed by atoms with E-state index in [-0.39, 0.29) is 17.5 Å². The quantitative estimate of drug-likeness (QED) is 0.599. The molecule has 0 saturated carbocycles. The zero-order valence-electron chi connectivity index (χ0n) is 14.5. The molecule has 3 aromatic rings. The van der Waals surface area contributed by atoms with Gasteiger partial charge in [-0.3, -0.25) is 9.59 Å². The molecule has 0 aliphatic carbocycles. The summed E-state index contributed by atoms with van der Waals surface area (Å²) < 4.78 is 0. The second kappa shape index (κ2) is 8.33. The lowest BCUT2D eigenvalue weighted by Gasteiger charge is -2.09. The van der Waals surface area contributed by atoms with E-state index < -0.39 is 0 Å². The SMILES string of the molecule is CC(=O)Nc1cccc(NC(=O)c2ccc(Nc3ccc(Cl)cc3)cn2)c1. The van der Waals surface area contributed by atoms with E-state index in [0.717, 1.165) is 11.4 Å². The maximum absolute atomic E-state index is 12.4. The van der Waals surface area contributed by atoms with Gasteiger partial charge < -0.3 is 16.0 Å². The maximum Gasteiger partial charge on any atom is 0.274 e. The summed E-state index contributed by atoms with van der Waals surface area (Å²) in [7, 11) is 0. The normalized spacial score (nSPS) is 10.1. The van der Waals surface area contributed by atoms with Crippen molar-refractivity contribution in [3.63, 3.8) is 0 Å². The Bertz CT molecular complexity index is 956. The summed E-state index contributed by atoms with van der Waals surface area (Å²) in [5.74, 6) is -0.517. The molecule has 2 amide bonds. The number of carbonyl (C=O) groups is 2. The van der Waals surface area contributed by atoms with Crippen molar-refractivity contribution in [1.82, 2.24) is 4.98 Å². The molecule has 7 heteroatoms. The number of rotatable bonds is 5. The Balaban J connectivity index is 1.65. The highest BCUT2D eigenvalue weighted by Gasteiger charge is 2.08. The van der Waals surface area contributed by atoms with Crippen LogP contribution in [-0.4, -0.2) is 16.8 Å². The fourth-order valence-electron chi connectivity index (χ4n) is 2.38. The Labute approximate surface area is 161 Å². The van der Waals surface area contributed by atoms with Gasteiger partial charge in [-0.05, 0) is 54.6 Å². The highest BCUT2D eigenvalue weighted by molar-refractivity contribution is 6.30. The number of halogens is 1. The fraction of sp³-hybridized carbons (Fsp3) is 0.0500. The van der Waals surface area contributed by atoms with Crippen LogP contribution in [-0.2, 0) is 4.79 Å². The van der Waals surface area contributed by atoms with Gasteiger partial charge in [0, 0.05) is 29.0 Å². The molecular weight excluding hydrogens is 364 g/mol. The molecule has 0 fully saturated rings. The molecule has 0 unspecified atom stereocenters. The zero-order chi connectivity index (χ0) is 19.2. The fourth-order valence-corrected chi connectivity index (χ4v) is 2.50. The average molecular weight is 381 g/mol. The van der Waals surface area contributed by atoms with Crippen LogP contribution in [0.5, 0.6) is 0 Å². The van der Waals surface area contributed by atoms with Crippen LogP contribution in [0.25, 0.3) is 0 Å². The molecule has 0 saturated heterocycles. The molecule has 136 valence electrons. The summed E-state index contributed by atoms with van der Waals surface area (Å²) in [5.41, 5.74) is 3.07. The number of pyridine rings is 1. The Hall–Kier alpha value is -3.38. The standard InChI is InChI=1S/C20H17ClN4O2/c1-13(26)23-16-3-2-4-17(11-16)25-20(27)19-10-9-18(12-22-19)24-15-7-5-14(21)6-8-15/h2-12,24H,1H3,(H,23,26)(H,25,27). The number of benzene rings is 2. The summed E-state index contributed by atoms with van der Waals surface area (Å²) in [6, 6.07) is 17.6. The molecule has 0 aliphatic rings. The lowest BCUT2D eigenvalue weighted by atomic mass is 10.2. The van der Waals surface area contributed by atoms with E-state index in [1.807, 2.05) is 12.1 Å². The molecule has 0 spiro atoms. The van der Waals surface area contributed by atoms with Gasteiger partial charge in [0.25, 0.3) is 5.91 Å². The van der Waals surface area contributed by atoms with Crippen LogP contribution < -0.4 is 16.0 Å². The van der Waals surface area contributed by atoms with Gasteiger partial charge >= 0.3 is 0 Å². The topological polar surface area (TPSA) is 83.1 Å². The van der Waals surface area contributed by atoms with Gasteiger partial charge in [0.15, 0.2) is 0 Å². The van der Waals surface area contributed by atoms with Crippen LogP contribution in [0.2, 0.25) is 5.02 Å². The molecule has 2 aromatic carbocycles. The Morgan fingerprint density at radius 3 is 2.15 bits per heavy atom. The minimum Gasteiger partial charge on any atom is -0.354 e. The van der Waals surface area contributed by atoms with E-state index in [1.165, 1.54) is 6.92 Å². The highest BCUT2D eigenvalue weighted by Crippen LogP contribution is 2.19. The van der Waals surface area contributed by atoms with E-state index in [9.17, 15) is 9.59 Å². The Morgan fingerprint density at radius 1 is 0.852 bits per heavy atom.